The van der Waals surface area contributed by atoms with E-state index >= 15 is 0 Å². The lowest BCUT2D eigenvalue weighted by Gasteiger charge is -2.35. The van der Waals surface area contributed by atoms with Gasteiger partial charge in [-0.25, -0.2) is 4.98 Å². The Morgan fingerprint density at radius 3 is 2.58 bits per heavy atom. The van der Waals surface area contributed by atoms with E-state index in [4.69, 9.17) is 9.15 Å². The predicted octanol–water partition coefficient (Wildman–Crippen LogP) is 2.92. The molecule has 0 aliphatic carbocycles. The summed E-state index contributed by atoms with van der Waals surface area (Å²) >= 11 is 0. The number of anilines is 1. The molecule has 2 aromatic rings. The van der Waals surface area contributed by atoms with Crippen LogP contribution < -0.4 is 9.64 Å². The third-order valence-electron chi connectivity index (χ3n) is 4.60. The van der Waals surface area contributed by atoms with Crippen LogP contribution >= 0.6 is 0 Å². The van der Waals surface area contributed by atoms with Gasteiger partial charge in [0.05, 0.1) is 23.8 Å². The smallest absolute Gasteiger partial charge is 0.333 e. The largest absolute Gasteiger partial charge is 0.487 e. The van der Waals surface area contributed by atoms with Crippen LogP contribution in [0.15, 0.2) is 22.6 Å². The Morgan fingerprint density at radius 1 is 1.27 bits per heavy atom. The Morgan fingerprint density at radius 2 is 2.00 bits per heavy atom. The number of ether oxygens (including phenoxy) is 1. The minimum absolute atomic E-state index is 0.0433. The van der Waals surface area contributed by atoms with Crippen LogP contribution in [0, 0.1) is 24.0 Å². The first-order valence-electron chi connectivity index (χ1n) is 8.80. The summed E-state index contributed by atoms with van der Waals surface area (Å²) in [6, 6.07) is 5.24. The van der Waals surface area contributed by atoms with Gasteiger partial charge in [-0.2, -0.15) is 0 Å². The van der Waals surface area contributed by atoms with E-state index in [1.807, 2.05) is 25.7 Å². The maximum atomic E-state index is 11.6. The monoisotopic (exact) mass is 360 g/mol. The average molecular weight is 360 g/mol. The highest BCUT2D eigenvalue weighted by molar-refractivity contribution is 5.70. The second kappa shape index (κ2) is 7.74. The van der Waals surface area contributed by atoms with Crippen molar-refractivity contribution >= 4 is 11.4 Å². The minimum atomic E-state index is -0.356. The molecule has 1 aliphatic heterocycles. The molecule has 26 heavy (non-hydrogen) atoms. The average Bonchev–Trinajstić information content (AvgIpc) is 2.93. The molecule has 2 heterocycles. The summed E-state index contributed by atoms with van der Waals surface area (Å²) in [7, 11) is 0. The first kappa shape index (κ1) is 18.2. The number of nitro benzene ring substituents is 1. The van der Waals surface area contributed by atoms with Crippen molar-refractivity contribution in [2.75, 3.05) is 37.7 Å². The molecule has 1 aromatic carbocycles. The first-order valence-corrected chi connectivity index (χ1v) is 8.80. The van der Waals surface area contributed by atoms with Crippen molar-refractivity contribution in [3.05, 3.63) is 45.7 Å². The van der Waals surface area contributed by atoms with Crippen LogP contribution in [-0.2, 0) is 6.54 Å². The lowest BCUT2D eigenvalue weighted by atomic mass is 10.2. The fraction of sp³-hybridized carbons (Fsp3) is 0.500. The highest BCUT2D eigenvalue weighted by Crippen LogP contribution is 2.37. The van der Waals surface area contributed by atoms with E-state index in [0.29, 0.717) is 37.7 Å². The molecule has 1 aromatic heterocycles. The van der Waals surface area contributed by atoms with Crippen molar-refractivity contribution in [2.45, 2.75) is 27.3 Å². The minimum Gasteiger partial charge on any atom is -0.487 e. The van der Waals surface area contributed by atoms with E-state index in [1.165, 1.54) is 0 Å². The van der Waals surface area contributed by atoms with E-state index in [0.717, 1.165) is 30.4 Å². The van der Waals surface area contributed by atoms with Crippen LogP contribution in [0.4, 0.5) is 11.4 Å². The molecular weight excluding hydrogens is 336 g/mol. The number of benzene rings is 1. The third-order valence-corrected chi connectivity index (χ3v) is 4.60. The summed E-state index contributed by atoms with van der Waals surface area (Å²) in [4.78, 5) is 19.9. The molecule has 0 amide bonds. The number of oxazole rings is 1. The lowest BCUT2D eigenvalue weighted by molar-refractivity contribution is -0.385. The second-order valence-corrected chi connectivity index (χ2v) is 6.33. The van der Waals surface area contributed by atoms with Gasteiger partial charge in [0.1, 0.15) is 11.4 Å². The topological polar surface area (TPSA) is 84.9 Å². The number of nitro groups is 1. The number of hydrogen-bond acceptors (Lipinski definition) is 7. The molecule has 140 valence electrons. The van der Waals surface area contributed by atoms with Crippen molar-refractivity contribution in [1.29, 1.82) is 0 Å². The Hall–Kier alpha value is -2.61. The molecule has 1 fully saturated rings. The quantitative estimate of drug-likeness (QED) is 0.578. The normalized spacial score (nSPS) is 15.3. The number of aromatic nitrogens is 1. The molecule has 1 saturated heterocycles. The van der Waals surface area contributed by atoms with E-state index in [-0.39, 0.29) is 10.6 Å². The van der Waals surface area contributed by atoms with Crippen molar-refractivity contribution in [3.8, 4) is 5.75 Å². The first-order chi connectivity index (χ1) is 12.5. The van der Waals surface area contributed by atoms with E-state index in [1.54, 1.807) is 18.2 Å². The van der Waals surface area contributed by atoms with Gasteiger partial charge in [-0.05, 0) is 32.9 Å². The Kier molecular flexibility index (Phi) is 5.41. The van der Waals surface area contributed by atoms with Gasteiger partial charge in [-0.3, -0.25) is 15.0 Å². The number of nitrogens with zero attached hydrogens (tertiary/aromatic N) is 4. The molecule has 0 spiro atoms. The summed E-state index contributed by atoms with van der Waals surface area (Å²) in [6.07, 6.45) is 0. The van der Waals surface area contributed by atoms with Gasteiger partial charge < -0.3 is 14.1 Å². The van der Waals surface area contributed by atoms with Crippen LogP contribution in [-0.4, -0.2) is 47.6 Å². The lowest BCUT2D eigenvalue weighted by Crippen LogP contribution is -2.46. The van der Waals surface area contributed by atoms with Crippen molar-refractivity contribution in [2.24, 2.45) is 0 Å². The van der Waals surface area contributed by atoms with Crippen LogP contribution in [0.5, 0.6) is 5.75 Å². The second-order valence-electron chi connectivity index (χ2n) is 6.33. The molecule has 0 unspecified atom stereocenters. The maximum Gasteiger partial charge on any atom is 0.333 e. The van der Waals surface area contributed by atoms with E-state index < -0.39 is 0 Å². The third kappa shape index (κ3) is 3.80. The maximum absolute atomic E-state index is 11.6. The Balaban J connectivity index is 1.70. The number of rotatable bonds is 6. The van der Waals surface area contributed by atoms with Gasteiger partial charge in [0.2, 0.25) is 5.89 Å². The highest BCUT2D eigenvalue weighted by atomic mass is 16.6. The molecule has 0 radical (unpaired) electrons. The molecule has 8 nitrogen and oxygen atoms in total. The fourth-order valence-electron chi connectivity index (χ4n) is 3.17. The van der Waals surface area contributed by atoms with Gasteiger partial charge in [-0.15, -0.1) is 0 Å². The van der Waals surface area contributed by atoms with Gasteiger partial charge in [0.15, 0.2) is 5.75 Å². The Bertz CT molecular complexity index is 762. The molecule has 0 N–H and O–H groups in total. The Labute approximate surface area is 152 Å². The summed E-state index contributed by atoms with van der Waals surface area (Å²) in [5.74, 6) is 1.89. The zero-order valence-corrected chi connectivity index (χ0v) is 15.4. The highest BCUT2D eigenvalue weighted by Gasteiger charge is 2.27. The number of aryl methyl sites for hydroxylation is 2. The molecule has 0 atom stereocenters. The molecule has 1 aliphatic rings. The number of hydrogen-bond donors (Lipinski definition) is 0. The van der Waals surface area contributed by atoms with E-state index in [9.17, 15) is 10.1 Å². The molecule has 0 saturated carbocycles. The van der Waals surface area contributed by atoms with Crippen molar-refractivity contribution < 1.29 is 14.1 Å². The zero-order valence-electron chi connectivity index (χ0n) is 15.4. The van der Waals surface area contributed by atoms with E-state index in [2.05, 4.69) is 9.88 Å². The molecule has 0 bridgehead atoms. The van der Waals surface area contributed by atoms with Gasteiger partial charge in [0, 0.05) is 26.2 Å². The van der Waals surface area contributed by atoms with Gasteiger partial charge in [0.25, 0.3) is 0 Å². The zero-order chi connectivity index (χ0) is 18.7. The fourth-order valence-corrected chi connectivity index (χ4v) is 3.17. The predicted molar refractivity (Wildman–Crippen MR) is 97.7 cm³/mol. The summed E-state index contributed by atoms with van der Waals surface area (Å²) in [6.45, 7) is 9.70. The summed E-state index contributed by atoms with van der Waals surface area (Å²) in [5.41, 5.74) is 1.58. The van der Waals surface area contributed by atoms with Gasteiger partial charge >= 0.3 is 5.69 Å². The van der Waals surface area contributed by atoms with Crippen LogP contribution in [0.3, 0.4) is 0 Å². The SMILES string of the molecule is CCOc1cccc(N2CCN(Cc3nc(C)c(C)o3)CC2)c1[N+](=O)[O-]. The van der Waals surface area contributed by atoms with Crippen LogP contribution in [0.2, 0.25) is 0 Å². The summed E-state index contributed by atoms with van der Waals surface area (Å²) in [5, 5.41) is 11.6. The number of para-hydroxylation sites is 1. The summed E-state index contributed by atoms with van der Waals surface area (Å²) < 4.78 is 11.1. The number of piperazine rings is 1. The van der Waals surface area contributed by atoms with Crippen molar-refractivity contribution in [1.82, 2.24) is 9.88 Å². The van der Waals surface area contributed by atoms with Crippen LogP contribution in [0.1, 0.15) is 24.3 Å². The molecular formula is C18H24N4O4. The molecule has 8 heteroatoms. The van der Waals surface area contributed by atoms with Crippen molar-refractivity contribution in [3.63, 3.8) is 0 Å². The molecule has 3 rings (SSSR count). The standard InChI is InChI=1S/C18H24N4O4/c1-4-25-16-7-5-6-15(18(16)22(23)24)21-10-8-20(9-11-21)12-17-19-13(2)14(3)26-17/h5-7H,4,8-12H2,1-3H3. The van der Waals surface area contributed by atoms with Crippen LogP contribution in [0.25, 0.3) is 0 Å². The van der Waals surface area contributed by atoms with Gasteiger partial charge in [-0.1, -0.05) is 6.07 Å².